The summed E-state index contributed by atoms with van der Waals surface area (Å²) in [6, 6.07) is 0.309. The monoisotopic (exact) mass is 251 g/mol. The number of carbonyl (C=O) groups excluding carboxylic acids is 1. The van der Waals surface area contributed by atoms with E-state index in [1.807, 2.05) is 0 Å². The molecule has 2 atom stereocenters. The fraction of sp³-hybridized carbons (Fsp3) is 0.750. The van der Waals surface area contributed by atoms with Gasteiger partial charge in [-0.3, -0.25) is 4.79 Å². The Kier molecular flexibility index (Phi) is 4.17. The molecule has 1 aliphatic rings. The van der Waals surface area contributed by atoms with Crippen LogP contribution in [0.3, 0.4) is 0 Å². The molecule has 2 unspecified atom stereocenters. The summed E-state index contributed by atoms with van der Waals surface area (Å²) in [4.78, 5) is 15.6. The van der Waals surface area contributed by atoms with E-state index in [1.54, 1.807) is 0 Å². The highest BCUT2D eigenvalue weighted by Gasteiger charge is 2.18. The third-order valence-corrected chi connectivity index (χ3v) is 3.48. The first-order valence-electron chi connectivity index (χ1n) is 6.58. The summed E-state index contributed by atoms with van der Waals surface area (Å²) in [5, 5.41) is 6.97. The first-order chi connectivity index (χ1) is 8.63. The van der Waals surface area contributed by atoms with Crippen molar-refractivity contribution in [3.8, 4) is 0 Å². The van der Waals surface area contributed by atoms with Gasteiger partial charge in [-0.2, -0.15) is 0 Å². The van der Waals surface area contributed by atoms with Crippen molar-refractivity contribution < 1.29 is 4.79 Å². The second-order valence-electron chi connectivity index (χ2n) is 5.18. The topological polar surface area (TPSA) is 85.8 Å². The number of aromatic nitrogens is 3. The summed E-state index contributed by atoms with van der Waals surface area (Å²) < 4.78 is 1.46. The summed E-state index contributed by atoms with van der Waals surface area (Å²) in [5.41, 5.74) is 5.40. The zero-order valence-corrected chi connectivity index (χ0v) is 10.8. The predicted octanol–water partition coefficient (Wildman–Crippen LogP) is 0.945. The lowest BCUT2D eigenvalue weighted by molar-refractivity contribution is -0.122. The Morgan fingerprint density at radius 2 is 2.33 bits per heavy atom. The van der Waals surface area contributed by atoms with Gasteiger partial charge in [0.25, 0.3) is 0 Å². The zero-order chi connectivity index (χ0) is 13.0. The summed E-state index contributed by atoms with van der Waals surface area (Å²) in [5.74, 6) is 0.965. The average molecular weight is 251 g/mol. The number of hydrogen-bond donors (Lipinski definition) is 2. The molecule has 0 saturated heterocycles. The van der Waals surface area contributed by atoms with Gasteiger partial charge in [0, 0.05) is 6.04 Å². The first kappa shape index (κ1) is 12.9. The van der Waals surface area contributed by atoms with Crippen molar-refractivity contribution in [2.45, 2.75) is 51.6 Å². The standard InChI is InChI=1S/C12H21N5O/c1-9-3-2-4-10(6-5-9)15-11(18)7-17-8-14-12(13)16-17/h8-10H,2-7H2,1H3,(H2,13,16)(H,15,18). The molecule has 100 valence electrons. The third-order valence-electron chi connectivity index (χ3n) is 3.48. The third kappa shape index (κ3) is 3.72. The van der Waals surface area contributed by atoms with E-state index >= 15 is 0 Å². The van der Waals surface area contributed by atoms with Gasteiger partial charge in [-0.05, 0) is 25.2 Å². The van der Waals surface area contributed by atoms with Crippen LogP contribution in [0.1, 0.15) is 39.0 Å². The molecular formula is C12H21N5O. The number of anilines is 1. The molecule has 1 aliphatic carbocycles. The van der Waals surface area contributed by atoms with Crippen LogP contribution in [0.4, 0.5) is 5.95 Å². The minimum atomic E-state index is -0.0144. The lowest BCUT2D eigenvalue weighted by atomic mass is 10.0. The van der Waals surface area contributed by atoms with Gasteiger partial charge in [-0.15, -0.1) is 5.10 Å². The average Bonchev–Trinajstić information content (AvgIpc) is 2.59. The van der Waals surface area contributed by atoms with Gasteiger partial charge in [-0.1, -0.05) is 19.8 Å². The molecule has 1 aromatic heterocycles. The molecule has 2 rings (SSSR count). The van der Waals surface area contributed by atoms with Crippen LogP contribution in [0.5, 0.6) is 0 Å². The highest BCUT2D eigenvalue weighted by molar-refractivity contribution is 5.75. The summed E-state index contributed by atoms with van der Waals surface area (Å²) >= 11 is 0. The quantitative estimate of drug-likeness (QED) is 0.783. The number of nitrogens with one attached hydrogen (secondary N) is 1. The molecule has 1 saturated carbocycles. The van der Waals surface area contributed by atoms with Crippen LogP contribution in [0.15, 0.2) is 6.33 Å². The number of amides is 1. The van der Waals surface area contributed by atoms with Gasteiger partial charge in [0.2, 0.25) is 11.9 Å². The van der Waals surface area contributed by atoms with Crippen molar-refractivity contribution in [1.82, 2.24) is 20.1 Å². The molecule has 0 aromatic carbocycles. The second kappa shape index (κ2) is 5.84. The van der Waals surface area contributed by atoms with Crippen LogP contribution >= 0.6 is 0 Å². The van der Waals surface area contributed by atoms with Crippen molar-refractivity contribution in [2.75, 3.05) is 5.73 Å². The number of nitrogens with two attached hydrogens (primary N) is 1. The van der Waals surface area contributed by atoms with E-state index in [2.05, 4.69) is 22.3 Å². The van der Waals surface area contributed by atoms with E-state index in [4.69, 9.17) is 5.73 Å². The largest absolute Gasteiger partial charge is 0.367 e. The zero-order valence-electron chi connectivity index (χ0n) is 10.8. The molecule has 1 amide bonds. The van der Waals surface area contributed by atoms with Gasteiger partial charge in [0.1, 0.15) is 12.9 Å². The molecule has 18 heavy (non-hydrogen) atoms. The fourth-order valence-electron chi connectivity index (χ4n) is 2.44. The molecule has 1 fully saturated rings. The Morgan fingerprint density at radius 1 is 1.50 bits per heavy atom. The normalized spacial score (nSPS) is 24.5. The van der Waals surface area contributed by atoms with E-state index in [1.165, 1.54) is 30.3 Å². The molecule has 0 aliphatic heterocycles. The highest BCUT2D eigenvalue weighted by atomic mass is 16.2. The molecule has 0 radical (unpaired) electrons. The van der Waals surface area contributed by atoms with Crippen molar-refractivity contribution in [2.24, 2.45) is 5.92 Å². The lowest BCUT2D eigenvalue weighted by Gasteiger charge is -2.16. The Labute approximate surface area is 107 Å². The Bertz CT molecular complexity index is 403. The number of hydrogen-bond acceptors (Lipinski definition) is 4. The van der Waals surface area contributed by atoms with Crippen molar-refractivity contribution >= 4 is 11.9 Å². The Balaban J connectivity index is 1.80. The Hall–Kier alpha value is -1.59. The molecular weight excluding hydrogens is 230 g/mol. The summed E-state index contributed by atoms with van der Waals surface area (Å²) in [6.07, 6.45) is 7.29. The molecule has 0 spiro atoms. The van der Waals surface area contributed by atoms with Crippen molar-refractivity contribution in [1.29, 1.82) is 0 Å². The number of nitrogens with zero attached hydrogens (tertiary/aromatic N) is 3. The summed E-state index contributed by atoms with van der Waals surface area (Å²) in [7, 11) is 0. The Morgan fingerprint density at radius 3 is 3.06 bits per heavy atom. The smallest absolute Gasteiger partial charge is 0.242 e. The maximum atomic E-state index is 11.8. The van der Waals surface area contributed by atoms with Gasteiger partial charge in [0.15, 0.2) is 0 Å². The van der Waals surface area contributed by atoms with Crippen LogP contribution in [-0.4, -0.2) is 26.7 Å². The van der Waals surface area contributed by atoms with E-state index in [-0.39, 0.29) is 18.4 Å². The fourth-order valence-corrected chi connectivity index (χ4v) is 2.44. The minimum absolute atomic E-state index is 0.0144. The van der Waals surface area contributed by atoms with Gasteiger partial charge in [0.05, 0.1) is 0 Å². The van der Waals surface area contributed by atoms with Crippen LogP contribution < -0.4 is 11.1 Å². The maximum absolute atomic E-state index is 11.8. The summed E-state index contributed by atoms with van der Waals surface area (Å²) in [6.45, 7) is 2.47. The maximum Gasteiger partial charge on any atom is 0.242 e. The van der Waals surface area contributed by atoms with E-state index in [0.29, 0.717) is 6.04 Å². The first-order valence-corrected chi connectivity index (χ1v) is 6.58. The molecule has 3 N–H and O–H groups in total. The minimum Gasteiger partial charge on any atom is -0.367 e. The van der Waals surface area contributed by atoms with Crippen LogP contribution in [0.25, 0.3) is 0 Å². The van der Waals surface area contributed by atoms with Crippen LogP contribution in [-0.2, 0) is 11.3 Å². The van der Waals surface area contributed by atoms with Crippen LogP contribution in [0.2, 0.25) is 0 Å². The number of carbonyl (C=O) groups is 1. The predicted molar refractivity (Wildman–Crippen MR) is 68.6 cm³/mol. The van der Waals surface area contributed by atoms with Gasteiger partial charge in [-0.25, -0.2) is 9.67 Å². The van der Waals surface area contributed by atoms with E-state index in [9.17, 15) is 4.79 Å². The van der Waals surface area contributed by atoms with Crippen LogP contribution in [0, 0.1) is 5.92 Å². The lowest BCUT2D eigenvalue weighted by Crippen LogP contribution is -2.36. The molecule has 1 heterocycles. The number of nitrogen functional groups attached to an aromatic ring is 1. The SMILES string of the molecule is CC1CCCC(NC(=O)Cn2cnc(N)n2)CC1. The van der Waals surface area contributed by atoms with E-state index in [0.717, 1.165) is 18.8 Å². The second-order valence-corrected chi connectivity index (χ2v) is 5.18. The van der Waals surface area contributed by atoms with Crippen molar-refractivity contribution in [3.05, 3.63) is 6.33 Å². The molecule has 6 nitrogen and oxygen atoms in total. The highest BCUT2D eigenvalue weighted by Crippen LogP contribution is 2.22. The number of rotatable bonds is 3. The molecule has 6 heteroatoms. The molecule has 1 aromatic rings. The molecule has 0 bridgehead atoms. The van der Waals surface area contributed by atoms with Crippen molar-refractivity contribution in [3.63, 3.8) is 0 Å². The van der Waals surface area contributed by atoms with Gasteiger partial charge < -0.3 is 11.1 Å². The van der Waals surface area contributed by atoms with Gasteiger partial charge >= 0.3 is 0 Å². The van der Waals surface area contributed by atoms with E-state index < -0.39 is 0 Å².